The van der Waals surface area contributed by atoms with Crippen molar-refractivity contribution in [1.82, 2.24) is 10.6 Å². The van der Waals surface area contributed by atoms with Crippen molar-refractivity contribution in [3.05, 3.63) is 35.4 Å². The van der Waals surface area contributed by atoms with Gasteiger partial charge in [-0.3, -0.25) is 9.59 Å². The van der Waals surface area contributed by atoms with Crippen LogP contribution in [0.1, 0.15) is 31.1 Å². The van der Waals surface area contributed by atoms with Crippen LogP contribution in [0.3, 0.4) is 0 Å². The van der Waals surface area contributed by atoms with Gasteiger partial charge in [-0.15, -0.1) is 0 Å². The number of amides is 2. The van der Waals surface area contributed by atoms with Crippen molar-refractivity contribution in [2.45, 2.75) is 20.8 Å². The maximum absolute atomic E-state index is 12.1. The minimum atomic E-state index is -0.237. The van der Waals surface area contributed by atoms with Crippen molar-refractivity contribution >= 4 is 11.8 Å². The molecule has 0 saturated heterocycles. The van der Waals surface area contributed by atoms with Crippen LogP contribution in [-0.4, -0.2) is 39.1 Å². The summed E-state index contributed by atoms with van der Waals surface area (Å²) in [4.78, 5) is 23.8. The van der Waals surface area contributed by atoms with Gasteiger partial charge in [0, 0.05) is 24.7 Å². The van der Waals surface area contributed by atoms with Gasteiger partial charge >= 0.3 is 0 Å². The molecule has 0 radical (unpaired) electrons. The van der Waals surface area contributed by atoms with E-state index in [-0.39, 0.29) is 11.8 Å². The van der Waals surface area contributed by atoms with Crippen LogP contribution in [0.15, 0.2) is 29.8 Å². The third kappa shape index (κ3) is 5.95. The van der Waals surface area contributed by atoms with Crippen molar-refractivity contribution in [2.75, 3.05) is 27.3 Å². The SMILES string of the molecule is COc1ccc(C(=O)NCCNC(=O)/C=C(\C)C(C)C)cc1OC. The number of hydrogen-bond donors (Lipinski definition) is 2. The van der Waals surface area contributed by atoms with Gasteiger partial charge in [0.25, 0.3) is 5.91 Å². The summed E-state index contributed by atoms with van der Waals surface area (Å²) in [6.45, 7) is 6.68. The molecule has 0 spiro atoms. The van der Waals surface area contributed by atoms with E-state index in [0.717, 1.165) is 5.57 Å². The Kier molecular flexibility index (Phi) is 7.82. The minimum Gasteiger partial charge on any atom is -0.493 e. The predicted molar refractivity (Wildman–Crippen MR) is 93.5 cm³/mol. The molecule has 0 unspecified atom stereocenters. The fraction of sp³-hybridized carbons (Fsp3) is 0.444. The molecular formula is C18H26N2O4. The molecule has 6 heteroatoms. The normalized spacial score (nSPS) is 11.2. The zero-order chi connectivity index (χ0) is 18.1. The maximum Gasteiger partial charge on any atom is 0.251 e. The van der Waals surface area contributed by atoms with E-state index >= 15 is 0 Å². The highest BCUT2D eigenvalue weighted by molar-refractivity contribution is 5.95. The van der Waals surface area contributed by atoms with Crippen LogP contribution in [0.5, 0.6) is 11.5 Å². The molecule has 0 atom stereocenters. The molecule has 24 heavy (non-hydrogen) atoms. The minimum absolute atomic E-state index is 0.151. The Hall–Kier alpha value is -2.50. The summed E-state index contributed by atoms with van der Waals surface area (Å²) >= 11 is 0. The highest BCUT2D eigenvalue weighted by atomic mass is 16.5. The van der Waals surface area contributed by atoms with E-state index in [1.165, 1.54) is 14.2 Å². The molecule has 0 aromatic heterocycles. The summed E-state index contributed by atoms with van der Waals surface area (Å²) in [5.41, 5.74) is 1.48. The lowest BCUT2D eigenvalue weighted by Crippen LogP contribution is -2.34. The summed E-state index contributed by atoms with van der Waals surface area (Å²) in [5, 5.41) is 5.49. The average molecular weight is 334 g/mol. The highest BCUT2D eigenvalue weighted by Crippen LogP contribution is 2.27. The molecule has 0 aliphatic heterocycles. The van der Waals surface area contributed by atoms with Crippen LogP contribution in [0.4, 0.5) is 0 Å². The van der Waals surface area contributed by atoms with Crippen LogP contribution in [0.25, 0.3) is 0 Å². The van der Waals surface area contributed by atoms with Crippen molar-refractivity contribution < 1.29 is 19.1 Å². The van der Waals surface area contributed by atoms with Crippen LogP contribution in [-0.2, 0) is 4.79 Å². The first-order chi connectivity index (χ1) is 11.4. The number of nitrogens with one attached hydrogen (secondary N) is 2. The van der Waals surface area contributed by atoms with E-state index in [2.05, 4.69) is 10.6 Å². The molecule has 0 aliphatic rings. The monoisotopic (exact) mass is 334 g/mol. The fourth-order valence-corrected chi connectivity index (χ4v) is 1.87. The molecule has 132 valence electrons. The third-order valence-corrected chi connectivity index (χ3v) is 3.62. The van der Waals surface area contributed by atoms with Gasteiger partial charge in [0.05, 0.1) is 14.2 Å². The first kappa shape index (κ1) is 19.5. The Balaban J connectivity index is 2.47. The summed E-state index contributed by atoms with van der Waals surface area (Å²) in [6.07, 6.45) is 1.58. The van der Waals surface area contributed by atoms with Crippen molar-refractivity contribution in [3.63, 3.8) is 0 Å². The van der Waals surface area contributed by atoms with Gasteiger partial charge < -0.3 is 20.1 Å². The number of carbonyl (C=O) groups is 2. The molecule has 0 aliphatic carbocycles. The molecule has 6 nitrogen and oxygen atoms in total. The van der Waals surface area contributed by atoms with Gasteiger partial charge in [0.2, 0.25) is 5.91 Å². The van der Waals surface area contributed by atoms with Gasteiger partial charge in [0.15, 0.2) is 11.5 Å². The van der Waals surface area contributed by atoms with Gasteiger partial charge in [-0.05, 0) is 31.0 Å². The number of benzene rings is 1. The molecule has 1 aromatic rings. The van der Waals surface area contributed by atoms with Crippen molar-refractivity contribution in [1.29, 1.82) is 0 Å². The van der Waals surface area contributed by atoms with Gasteiger partial charge in [-0.1, -0.05) is 19.4 Å². The summed E-state index contributed by atoms with van der Waals surface area (Å²) < 4.78 is 10.3. The van der Waals surface area contributed by atoms with Crippen molar-refractivity contribution in [3.8, 4) is 11.5 Å². The zero-order valence-electron chi connectivity index (χ0n) is 14.9. The number of methoxy groups -OCH3 is 2. The van der Waals surface area contributed by atoms with Gasteiger partial charge in [-0.25, -0.2) is 0 Å². The quantitative estimate of drug-likeness (QED) is 0.564. The Morgan fingerprint density at radius 2 is 1.71 bits per heavy atom. The first-order valence-corrected chi connectivity index (χ1v) is 7.85. The topological polar surface area (TPSA) is 76.7 Å². The molecule has 1 aromatic carbocycles. The second-order valence-corrected chi connectivity index (χ2v) is 5.66. The standard InChI is InChI=1S/C18H26N2O4/c1-12(2)13(3)10-17(21)19-8-9-20-18(22)14-6-7-15(23-4)16(11-14)24-5/h6-7,10-12H,8-9H2,1-5H3,(H,19,21)(H,20,22)/b13-10+. The Labute approximate surface area is 143 Å². The van der Waals surface area contributed by atoms with E-state index in [0.29, 0.717) is 36.1 Å². The lowest BCUT2D eigenvalue weighted by molar-refractivity contribution is -0.116. The van der Waals surface area contributed by atoms with E-state index < -0.39 is 0 Å². The fourth-order valence-electron chi connectivity index (χ4n) is 1.87. The maximum atomic E-state index is 12.1. The van der Waals surface area contributed by atoms with Crippen LogP contribution in [0.2, 0.25) is 0 Å². The number of rotatable bonds is 8. The molecule has 0 fully saturated rings. The number of allylic oxidation sites excluding steroid dienone is 1. The largest absolute Gasteiger partial charge is 0.493 e. The number of hydrogen-bond acceptors (Lipinski definition) is 4. The van der Waals surface area contributed by atoms with E-state index in [1.54, 1.807) is 24.3 Å². The summed E-state index contributed by atoms with van der Waals surface area (Å²) in [6, 6.07) is 4.94. The molecular weight excluding hydrogens is 308 g/mol. The average Bonchev–Trinajstić information content (AvgIpc) is 2.57. The summed E-state index contributed by atoms with van der Waals surface area (Å²) in [5.74, 6) is 1.00. The van der Waals surface area contributed by atoms with Crippen molar-refractivity contribution in [2.24, 2.45) is 5.92 Å². The number of ether oxygens (including phenoxy) is 2. The molecule has 2 amide bonds. The Morgan fingerprint density at radius 1 is 1.08 bits per heavy atom. The first-order valence-electron chi connectivity index (χ1n) is 7.85. The van der Waals surface area contributed by atoms with E-state index in [9.17, 15) is 9.59 Å². The van der Waals surface area contributed by atoms with Crippen LogP contribution < -0.4 is 20.1 Å². The van der Waals surface area contributed by atoms with E-state index in [1.807, 2.05) is 20.8 Å². The summed E-state index contributed by atoms with van der Waals surface area (Å²) in [7, 11) is 3.05. The second-order valence-electron chi connectivity index (χ2n) is 5.66. The Morgan fingerprint density at radius 3 is 2.29 bits per heavy atom. The number of carbonyl (C=O) groups excluding carboxylic acids is 2. The lowest BCUT2D eigenvalue weighted by Gasteiger charge is -2.10. The molecule has 0 saturated carbocycles. The zero-order valence-corrected chi connectivity index (χ0v) is 14.9. The van der Waals surface area contributed by atoms with Gasteiger partial charge in [-0.2, -0.15) is 0 Å². The van der Waals surface area contributed by atoms with E-state index in [4.69, 9.17) is 9.47 Å². The molecule has 2 N–H and O–H groups in total. The Bertz CT molecular complexity index is 609. The lowest BCUT2D eigenvalue weighted by atomic mass is 10.1. The molecule has 0 bridgehead atoms. The van der Waals surface area contributed by atoms with Gasteiger partial charge in [0.1, 0.15) is 0 Å². The highest BCUT2D eigenvalue weighted by Gasteiger charge is 2.10. The second kappa shape index (κ2) is 9.60. The van der Waals surface area contributed by atoms with Crippen LogP contribution >= 0.6 is 0 Å². The molecule has 0 heterocycles. The smallest absolute Gasteiger partial charge is 0.251 e. The third-order valence-electron chi connectivity index (χ3n) is 3.62. The van der Waals surface area contributed by atoms with Crippen LogP contribution in [0, 0.1) is 5.92 Å². The molecule has 1 rings (SSSR count). The predicted octanol–water partition coefficient (Wildman–Crippen LogP) is 2.15.